The topological polar surface area (TPSA) is 97.5 Å². The third-order valence-electron chi connectivity index (χ3n) is 4.97. The van der Waals surface area contributed by atoms with Crippen LogP contribution < -0.4 is 9.64 Å². The molecule has 1 aromatic carbocycles. The molecule has 0 bridgehead atoms. The summed E-state index contributed by atoms with van der Waals surface area (Å²) < 4.78 is 11.4. The zero-order valence-corrected chi connectivity index (χ0v) is 18.3. The summed E-state index contributed by atoms with van der Waals surface area (Å²) in [6.45, 7) is 6.95. The molecule has 0 atom stereocenters. The Morgan fingerprint density at radius 1 is 1.16 bits per heavy atom. The lowest BCUT2D eigenvalue weighted by molar-refractivity contribution is -0.128. The van der Waals surface area contributed by atoms with Crippen LogP contribution in [0.5, 0.6) is 5.75 Å². The first kappa shape index (κ1) is 21.1. The molecule has 1 amide bonds. The molecular formula is C21H24N6O3S. The molecule has 0 N–H and O–H groups in total. The average Bonchev–Trinajstić information content (AvgIpc) is 3.26. The van der Waals surface area contributed by atoms with Gasteiger partial charge in [-0.05, 0) is 31.0 Å². The molecular weight excluding hydrogens is 416 g/mol. The number of piperazine rings is 1. The molecule has 0 spiro atoms. The summed E-state index contributed by atoms with van der Waals surface area (Å²) in [7, 11) is 0. The molecule has 0 unspecified atom stereocenters. The first-order valence-corrected chi connectivity index (χ1v) is 11.0. The summed E-state index contributed by atoms with van der Waals surface area (Å²) in [5.74, 6) is 2.32. The van der Waals surface area contributed by atoms with E-state index < -0.39 is 0 Å². The van der Waals surface area contributed by atoms with Crippen LogP contribution in [0.1, 0.15) is 17.0 Å². The number of hydrogen-bond acceptors (Lipinski definition) is 9. The maximum Gasteiger partial charge on any atom is 0.277 e. The van der Waals surface area contributed by atoms with Gasteiger partial charge in [-0.3, -0.25) is 9.78 Å². The zero-order valence-electron chi connectivity index (χ0n) is 17.5. The third-order valence-corrected chi connectivity index (χ3v) is 5.77. The average molecular weight is 441 g/mol. The van der Waals surface area contributed by atoms with Crippen molar-refractivity contribution in [3.8, 4) is 5.75 Å². The van der Waals surface area contributed by atoms with E-state index in [0.717, 1.165) is 35.8 Å². The first-order valence-electron chi connectivity index (χ1n) is 10.0. The van der Waals surface area contributed by atoms with Crippen LogP contribution >= 0.6 is 11.8 Å². The molecule has 1 aliphatic rings. The summed E-state index contributed by atoms with van der Waals surface area (Å²) in [5, 5.41) is 8.39. The standard InChI is InChI=1S/C21H24N6O3S/c1-15-3-4-16(2)17(11-15)29-13-19-24-25-21(30-19)31-14-20(28)27-9-7-26(8-10-27)18-12-22-5-6-23-18/h3-6,11-12H,7-10,13-14H2,1-2H3. The molecule has 2 aromatic heterocycles. The van der Waals surface area contributed by atoms with Gasteiger partial charge in [0, 0.05) is 38.6 Å². The normalized spacial score (nSPS) is 14.0. The zero-order chi connectivity index (χ0) is 21.6. The van der Waals surface area contributed by atoms with Gasteiger partial charge in [0.05, 0.1) is 11.9 Å². The molecule has 0 aliphatic carbocycles. The second kappa shape index (κ2) is 9.78. The maximum absolute atomic E-state index is 12.5. The summed E-state index contributed by atoms with van der Waals surface area (Å²) in [6.07, 6.45) is 5.07. The number of aryl methyl sites for hydroxylation is 2. The number of carbonyl (C=O) groups excluding carboxylic acids is 1. The Morgan fingerprint density at radius 3 is 2.77 bits per heavy atom. The van der Waals surface area contributed by atoms with Gasteiger partial charge in [-0.15, -0.1) is 10.2 Å². The number of carbonyl (C=O) groups is 1. The van der Waals surface area contributed by atoms with Crippen molar-refractivity contribution < 1.29 is 13.9 Å². The molecule has 1 aliphatic heterocycles. The van der Waals surface area contributed by atoms with Crippen molar-refractivity contribution in [1.29, 1.82) is 0 Å². The fourth-order valence-corrected chi connectivity index (χ4v) is 3.89. The van der Waals surface area contributed by atoms with Crippen LogP contribution in [0.15, 0.2) is 46.4 Å². The predicted octanol–water partition coefficient (Wildman–Crippen LogP) is 2.50. The van der Waals surface area contributed by atoms with E-state index in [1.165, 1.54) is 11.8 Å². The molecule has 1 fully saturated rings. The predicted molar refractivity (Wildman–Crippen MR) is 116 cm³/mol. The quantitative estimate of drug-likeness (QED) is 0.513. The number of rotatable bonds is 7. The minimum absolute atomic E-state index is 0.0511. The molecule has 31 heavy (non-hydrogen) atoms. The molecule has 0 saturated carbocycles. The van der Waals surface area contributed by atoms with Crippen molar-refractivity contribution in [2.75, 3.05) is 36.8 Å². The van der Waals surface area contributed by atoms with Gasteiger partial charge < -0.3 is 19.0 Å². The fraction of sp³-hybridized carbons (Fsp3) is 0.381. The molecule has 9 nitrogen and oxygen atoms in total. The van der Waals surface area contributed by atoms with Gasteiger partial charge in [0.1, 0.15) is 11.6 Å². The lowest BCUT2D eigenvalue weighted by atomic mass is 10.1. The van der Waals surface area contributed by atoms with Crippen LogP contribution in [0.25, 0.3) is 0 Å². The van der Waals surface area contributed by atoms with E-state index in [4.69, 9.17) is 9.15 Å². The van der Waals surface area contributed by atoms with Gasteiger partial charge in [0.2, 0.25) is 5.91 Å². The molecule has 162 valence electrons. The van der Waals surface area contributed by atoms with Crippen molar-refractivity contribution in [1.82, 2.24) is 25.1 Å². The van der Waals surface area contributed by atoms with Gasteiger partial charge in [0.15, 0.2) is 6.61 Å². The molecule has 3 heterocycles. The van der Waals surface area contributed by atoms with Crippen molar-refractivity contribution >= 4 is 23.5 Å². The minimum atomic E-state index is 0.0511. The Bertz CT molecular complexity index is 1020. The fourth-order valence-electron chi connectivity index (χ4n) is 3.21. The van der Waals surface area contributed by atoms with Crippen LogP contribution in [-0.4, -0.2) is 62.9 Å². The first-order chi connectivity index (χ1) is 15.1. The Morgan fingerprint density at radius 2 is 2.00 bits per heavy atom. The Hall–Kier alpha value is -3.14. The van der Waals surface area contributed by atoms with Crippen LogP contribution in [0.3, 0.4) is 0 Å². The van der Waals surface area contributed by atoms with E-state index in [0.29, 0.717) is 24.2 Å². The monoisotopic (exact) mass is 440 g/mol. The van der Waals surface area contributed by atoms with Crippen molar-refractivity contribution in [2.45, 2.75) is 25.7 Å². The summed E-state index contributed by atoms with van der Waals surface area (Å²) in [6, 6.07) is 6.03. The largest absolute Gasteiger partial charge is 0.484 e. The molecule has 0 radical (unpaired) electrons. The van der Waals surface area contributed by atoms with Gasteiger partial charge >= 0.3 is 0 Å². The highest BCUT2D eigenvalue weighted by Gasteiger charge is 2.22. The Kier molecular flexibility index (Phi) is 6.66. The number of amides is 1. The second-order valence-corrected chi connectivity index (χ2v) is 8.17. The van der Waals surface area contributed by atoms with Gasteiger partial charge in [-0.25, -0.2) is 4.98 Å². The summed E-state index contributed by atoms with van der Waals surface area (Å²) >= 11 is 1.24. The minimum Gasteiger partial charge on any atom is -0.484 e. The number of benzene rings is 1. The van der Waals surface area contributed by atoms with Gasteiger partial charge in [-0.1, -0.05) is 23.9 Å². The smallest absolute Gasteiger partial charge is 0.277 e. The highest BCUT2D eigenvalue weighted by Crippen LogP contribution is 2.22. The number of thioether (sulfide) groups is 1. The van der Waals surface area contributed by atoms with Crippen molar-refractivity contribution in [3.63, 3.8) is 0 Å². The molecule has 3 aromatic rings. The maximum atomic E-state index is 12.5. The lowest BCUT2D eigenvalue weighted by Gasteiger charge is -2.35. The Balaban J connectivity index is 1.22. The number of aromatic nitrogens is 4. The van der Waals surface area contributed by atoms with E-state index in [2.05, 4.69) is 25.1 Å². The number of ether oxygens (including phenoxy) is 1. The lowest BCUT2D eigenvalue weighted by Crippen LogP contribution is -2.49. The summed E-state index contributed by atoms with van der Waals surface area (Å²) in [4.78, 5) is 24.9. The van der Waals surface area contributed by atoms with Crippen LogP contribution in [0, 0.1) is 13.8 Å². The van der Waals surface area contributed by atoms with Crippen LogP contribution in [0.2, 0.25) is 0 Å². The number of anilines is 1. The highest BCUT2D eigenvalue weighted by molar-refractivity contribution is 7.99. The number of hydrogen-bond donors (Lipinski definition) is 0. The highest BCUT2D eigenvalue weighted by atomic mass is 32.2. The van der Waals surface area contributed by atoms with E-state index in [-0.39, 0.29) is 18.3 Å². The molecule has 10 heteroatoms. The van der Waals surface area contributed by atoms with E-state index in [1.807, 2.05) is 36.9 Å². The van der Waals surface area contributed by atoms with Crippen LogP contribution in [-0.2, 0) is 11.4 Å². The molecule has 1 saturated heterocycles. The van der Waals surface area contributed by atoms with Gasteiger partial charge in [0.25, 0.3) is 11.1 Å². The van der Waals surface area contributed by atoms with Crippen molar-refractivity contribution in [3.05, 3.63) is 53.8 Å². The third kappa shape index (κ3) is 5.52. The summed E-state index contributed by atoms with van der Waals surface area (Å²) in [5.41, 5.74) is 2.17. The molecule has 4 rings (SSSR count). The Labute approximate surface area is 184 Å². The van der Waals surface area contributed by atoms with E-state index in [1.54, 1.807) is 18.6 Å². The van der Waals surface area contributed by atoms with E-state index >= 15 is 0 Å². The van der Waals surface area contributed by atoms with E-state index in [9.17, 15) is 4.79 Å². The van der Waals surface area contributed by atoms with Crippen molar-refractivity contribution in [2.24, 2.45) is 0 Å². The number of nitrogens with zero attached hydrogens (tertiary/aromatic N) is 6. The van der Waals surface area contributed by atoms with Crippen LogP contribution in [0.4, 0.5) is 5.82 Å². The second-order valence-electron chi connectivity index (χ2n) is 7.24. The SMILES string of the molecule is Cc1ccc(C)c(OCc2nnc(SCC(=O)N3CCN(c4cnccn4)CC3)o2)c1. The van der Waals surface area contributed by atoms with Gasteiger partial charge in [-0.2, -0.15) is 0 Å².